The number of hydrogen-bond donors (Lipinski definition) is 4. The number of phenols is 1. The lowest BCUT2D eigenvalue weighted by atomic mass is 9.99. The van der Waals surface area contributed by atoms with Crippen molar-refractivity contribution >= 4 is 17.9 Å². The van der Waals surface area contributed by atoms with Crippen LogP contribution in [0.4, 0.5) is 4.79 Å². The van der Waals surface area contributed by atoms with Gasteiger partial charge in [-0.2, -0.15) is 0 Å². The largest absolute Gasteiger partial charge is 0.508 e. The van der Waals surface area contributed by atoms with E-state index in [9.17, 15) is 24.6 Å². The highest BCUT2D eigenvalue weighted by Crippen LogP contribution is 2.28. The number of hydrogen-bond acceptors (Lipinski definition) is 6. The molecule has 2 aromatic rings. The average Bonchev–Trinajstić information content (AvgIpc) is 2.90. The lowest BCUT2D eigenvalue weighted by Crippen LogP contribution is -2.54. The van der Waals surface area contributed by atoms with Gasteiger partial charge < -0.3 is 30.5 Å². The lowest BCUT2D eigenvalue weighted by molar-refractivity contribution is -0.143. The molecular weight excluding hydrogens is 510 g/mol. The molecule has 9 nitrogen and oxygen atoms in total. The molecule has 2 atom stereocenters. The number of amides is 3. The molecule has 2 rings (SSSR count). The van der Waals surface area contributed by atoms with Gasteiger partial charge in [0.1, 0.15) is 23.4 Å². The van der Waals surface area contributed by atoms with Gasteiger partial charge in [-0.15, -0.1) is 0 Å². The van der Waals surface area contributed by atoms with Gasteiger partial charge in [0.05, 0.1) is 6.61 Å². The van der Waals surface area contributed by atoms with Crippen molar-refractivity contribution in [2.45, 2.75) is 91.0 Å². The first kappa shape index (κ1) is 32.6. The van der Waals surface area contributed by atoms with Gasteiger partial charge in [0.2, 0.25) is 11.8 Å². The summed E-state index contributed by atoms with van der Waals surface area (Å²) in [6, 6.07) is 11.8. The Balaban J connectivity index is 2.43. The minimum Gasteiger partial charge on any atom is -0.508 e. The molecule has 0 radical (unpaired) electrons. The van der Waals surface area contributed by atoms with Crippen LogP contribution in [0.15, 0.2) is 48.5 Å². The van der Waals surface area contributed by atoms with E-state index in [2.05, 4.69) is 17.6 Å². The topological polar surface area (TPSA) is 128 Å². The molecule has 2 aromatic carbocycles. The Morgan fingerprint density at radius 1 is 1.00 bits per heavy atom. The molecule has 0 aliphatic rings. The van der Waals surface area contributed by atoms with E-state index >= 15 is 0 Å². The van der Waals surface area contributed by atoms with E-state index in [0.29, 0.717) is 17.5 Å². The fraction of sp³-hybridized carbons (Fsp3) is 0.516. The molecule has 4 N–H and O–H groups in total. The molecule has 0 heterocycles. The summed E-state index contributed by atoms with van der Waals surface area (Å²) in [5.74, 6) is -0.941. The SMILES string of the molecule is CCCCCCCN(C(=O)C(CO)NC(=O)OC(C)(C)C)C(C(=O)NCc1ccccc1)c1ccc(O)c(C)c1. The summed E-state index contributed by atoms with van der Waals surface area (Å²) in [6.45, 7) is 8.75. The van der Waals surface area contributed by atoms with Gasteiger partial charge in [-0.05, 0) is 62.9 Å². The molecule has 9 heteroatoms. The molecule has 0 aliphatic heterocycles. The second-order valence-corrected chi connectivity index (χ2v) is 11.0. The summed E-state index contributed by atoms with van der Waals surface area (Å²) >= 11 is 0. The molecule has 3 amide bonds. The molecule has 0 saturated carbocycles. The molecule has 0 aliphatic carbocycles. The summed E-state index contributed by atoms with van der Waals surface area (Å²) in [5, 5.41) is 25.6. The Kier molecular flexibility index (Phi) is 12.9. The number of alkyl carbamates (subject to hydrolysis) is 1. The monoisotopic (exact) mass is 555 g/mol. The fourth-order valence-corrected chi connectivity index (χ4v) is 4.29. The van der Waals surface area contributed by atoms with Crippen LogP contribution in [-0.4, -0.2) is 57.8 Å². The van der Waals surface area contributed by atoms with E-state index in [1.54, 1.807) is 39.8 Å². The number of aliphatic hydroxyl groups is 1. The van der Waals surface area contributed by atoms with Crippen molar-refractivity contribution < 1.29 is 29.3 Å². The van der Waals surface area contributed by atoms with Crippen molar-refractivity contribution in [3.63, 3.8) is 0 Å². The summed E-state index contributed by atoms with van der Waals surface area (Å²) in [7, 11) is 0. The van der Waals surface area contributed by atoms with Crippen LogP contribution < -0.4 is 10.6 Å². The van der Waals surface area contributed by atoms with E-state index in [1.165, 1.54) is 11.0 Å². The number of carbonyl (C=O) groups is 3. The average molecular weight is 556 g/mol. The first-order valence-corrected chi connectivity index (χ1v) is 14.0. The highest BCUT2D eigenvalue weighted by molar-refractivity contribution is 5.92. The third-order valence-corrected chi connectivity index (χ3v) is 6.36. The van der Waals surface area contributed by atoms with E-state index < -0.39 is 42.2 Å². The van der Waals surface area contributed by atoms with E-state index in [0.717, 1.165) is 31.2 Å². The minimum absolute atomic E-state index is 0.0736. The van der Waals surface area contributed by atoms with Crippen LogP contribution in [-0.2, 0) is 20.9 Å². The second-order valence-electron chi connectivity index (χ2n) is 11.0. The zero-order valence-corrected chi connectivity index (χ0v) is 24.4. The zero-order valence-electron chi connectivity index (χ0n) is 24.4. The Morgan fingerprint density at radius 2 is 1.68 bits per heavy atom. The fourth-order valence-electron chi connectivity index (χ4n) is 4.29. The van der Waals surface area contributed by atoms with Crippen molar-refractivity contribution in [2.75, 3.05) is 13.2 Å². The number of aromatic hydroxyl groups is 1. The van der Waals surface area contributed by atoms with Gasteiger partial charge in [0.15, 0.2) is 0 Å². The van der Waals surface area contributed by atoms with Gasteiger partial charge in [0, 0.05) is 13.1 Å². The van der Waals surface area contributed by atoms with E-state index in [-0.39, 0.29) is 18.8 Å². The van der Waals surface area contributed by atoms with Gasteiger partial charge in [-0.3, -0.25) is 9.59 Å². The molecule has 0 aromatic heterocycles. The van der Waals surface area contributed by atoms with Crippen molar-refractivity contribution in [3.8, 4) is 5.75 Å². The second kappa shape index (κ2) is 15.9. The maximum atomic E-state index is 13.9. The Bertz CT molecular complexity index is 1100. The van der Waals surface area contributed by atoms with E-state index in [4.69, 9.17) is 4.74 Å². The number of nitrogens with zero attached hydrogens (tertiary/aromatic N) is 1. The molecule has 0 spiro atoms. The van der Waals surface area contributed by atoms with Crippen molar-refractivity contribution in [2.24, 2.45) is 0 Å². The van der Waals surface area contributed by atoms with Crippen LogP contribution in [0, 0.1) is 6.92 Å². The standard InChI is InChI=1S/C31H45N3O6/c1-6-7-8-9-13-18-34(29(38)25(21-35)33-30(39)40-31(3,4)5)27(24-16-17-26(36)22(2)19-24)28(37)32-20-23-14-11-10-12-15-23/h10-12,14-17,19,25,27,35-36H,6-9,13,18,20-21H2,1-5H3,(H,32,37)(H,33,39). The minimum atomic E-state index is -1.31. The smallest absolute Gasteiger partial charge is 0.408 e. The van der Waals surface area contributed by atoms with Crippen LogP contribution >= 0.6 is 0 Å². The molecular formula is C31H45N3O6. The van der Waals surface area contributed by atoms with Crippen LogP contribution in [0.25, 0.3) is 0 Å². The first-order chi connectivity index (χ1) is 19.0. The summed E-state index contributed by atoms with van der Waals surface area (Å²) < 4.78 is 5.30. The molecule has 220 valence electrons. The predicted molar refractivity (Wildman–Crippen MR) is 155 cm³/mol. The van der Waals surface area contributed by atoms with E-state index in [1.807, 2.05) is 30.3 Å². The summed E-state index contributed by atoms with van der Waals surface area (Å²) in [5.41, 5.74) is 1.17. The maximum Gasteiger partial charge on any atom is 0.408 e. The van der Waals surface area contributed by atoms with Crippen molar-refractivity contribution in [1.82, 2.24) is 15.5 Å². The van der Waals surface area contributed by atoms with Crippen molar-refractivity contribution in [1.29, 1.82) is 0 Å². The van der Waals surface area contributed by atoms with Crippen LogP contribution in [0.3, 0.4) is 0 Å². The number of nitrogens with one attached hydrogen (secondary N) is 2. The maximum absolute atomic E-state index is 13.9. The quantitative estimate of drug-likeness (QED) is 0.249. The zero-order chi connectivity index (χ0) is 29.7. The van der Waals surface area contributed by atoms with Gasteiger partial charge in [-0.1, -0.05) is 69.0 Å². The number of benzene rings is 2. The number of rotatable bonds is 14. The van der Waals surface area contributed by atoms with Crippen LogP contribution in [0.2, 0.25) is 0 Å². The number of phenolic OH excluding ortho intramolecular Hbond substituents is 1. The summed E-state index contributed by atoms with van der Waals surface area (Å²) in [4.78, 5) is 41.6. The number of carbonyl (C=O) groups excluding carboxylic acids is 3. The first-order valence-electron chi connectivity index (χ1n) is 14.0. The molecule has 2 unspecified atom stereocenters. The Morgan fingerprint density at radius 3 is 2.27 bits per heavy atom. The highest BCUT2D eigenvalue weighted by atomic mass is 16.6. The van der Waals surface area contributed by atoms with Gasteiger partial charge in [-0.25, -0.2) is 4.79 Å². The predicted octanol–water partition coefficient (Wildman–Crippen LogP) is 4.74. The number of unbranched alkanes of at least 4 members (excludes halogenated alkanes) is 4. The Labute approximate surface area is 237 Å². The van der Waals surface area contributed by atoms with Crippen molar-refractivity contribution in [3.05, 3.63) is 65.2 Å². The third-order valence-electron chi connectivity index (χ3n) is 6.36. The number of ether oxygens (including phenoxy) is 1. The molecule has 40 heavy (non-hydrogen) atoms. The normalized spacial score (nSPS) is 12.8. The molecule has 0 saturated heterocycles. The summed E-state index contributed by atoms with van der Waals surface area (Å²) in [6.07, 6.45) is 3.76. The van der Waals surface area contributed by atoms with Gasteiger partial charge in [0.25, 0.3) is 0 Å². The van der Waals surface area contributed by atoms with Crippen LogP contribution in [0.1, 0.15) is 82.5 Å². The molecule has 0 fully saturated rings. The van der Waals surface area contributed by atoms with Crippen LogP contribution in [0.5, 0.6) is 5.75 Å². The lowest BCUT2D eigenvalue weighted by Gasteiger charge is -2.34. The number of aryl methyl sites for hydroxylation is 1. The highest BCUT2D eigenvalue weighted by Gasteiger charge is 2.36. The third kappa shape index (κ3) is 10.5. The Hall–Kier alpha value is -3.59. The van der Waals surface area contributed by atoms with Gasteiger partial charge >= 0.3 is 6.09 Å². The molecule has 0 bridgehead atoms. The number of aliphatic hydroxyl groups excluding tert-OH is 1.